The summed E-state index contributed by atoms with van der Waals surface area (Å²) in [4.78, 5) is 15.0. The van der Waals surface area contributed by atoms with E-state index in [0.717, 1.165) is 11.1 Å². The lowest BCUT2D eigenvalue weighted by Crippen LogP contribution is -2.28. The third-order valence-corrected chi connectivity index (χ3v) is 4.81. The molecule has 0 aromatic heterocycles. The lowest BCUT2D eigenvalue weighted by molar-refractivity contribution is -0.155. The molecule has 156 valence electrons. The highest BCUT2D eigenvalue weighted by molar-refractivity contribution is 5.81. The van der Waals surface area contributed by atoms with E-state index in [1.807, 2.05) is 51.1 Å². The SMILES string of the molecule is COc1cc([C@@H]2[C@@H](C(=O)OC(C)(C)C)N2Cc2ccccc2)cc(OC)c1OC. The molecule has 0 N–H and O–H groups in total. The minimum Gasteiger partial charge on any atom is -0.493 e. The number of hydrogen-bond donors (Lipinski definition) is 0. The number of methoxy groups -OCH3 is 3. The fraction of sp³-hybridized carbons (Fsp3) is 0.435. The second kappa shape index (κ2) is 8.33. The monoisotopic (exact) mass is 399 g/mol. The van der Waals surface area contributed by atoms with Crippen LogP contribution in [0, 0.1) is 0 Å². The Morgan fingerprint density at radius 2 is 1.55 bits per heavy atom. The van der Waals surface area contributed by atoms with Crippen molar-refractivity contribution < 1.29 is 23.7 Å². The lowest BCUT2D eigenvalue weighted by atomic mass is 10.1. The van der Waals surface area contributed by atoms with Crippen LogP contribution in [0.2, 0.25) is 0 Å². The summed E-state index contributed by atoms with van der Waals surface area (Å²) in [6.45, 7) is 6.28. The van der Waals surface area contributed by atoms with E-state index >= 15 is 0 Å². The van der Waals surface area contributed by atoms with Crippen molar-refractivity contribution in [1.82, 2.24) is 4.90 Å². The molecule has 0 amide bonds. The van der Waals surface area contributed by atoms with Crippen LogP contribution in [0.5, 0.6) is 17.2 Å². The topological polar surface area (TPSA) is 57.0 Å². The van der Waals surface area contributed by atoms with Gasteiger partial charge < -0.3 is 18.9 Å². The maximum absolute atomic E-state index is 12.9. The third-order valence-electron chi connectivity index (χ3n) is 4.81. The molecule has 3 atom stereocenters. The Balaban J connectivity index is 1.94. The second-order valence-electron chi connectivity index (χ2n) is 8.04. The summed E-state index contributed by atoms with van der Waals surface area (Å²) in [5.41, 5.74) is 1.51. The van der Waals surface area contributed by atoms with E-state index in [1.54, 1.807) is 21.3 Å². The van der Waals surface area contributed by atoms with Gasteiger partial charge in [-0.1, -0.05) is 30.3 Å². The molecule has 1 saturated heterocycles. The zero-order valence-corrected chi connectivity index (χ0v) is 17.9. The van der Waals surface area contributed by atoms with Crippen molar-refractivity contribution in [1.29, 1.82) is 0 Å². The minimum atomic E-state index is -0.544. The van der Waals surface area contributed by atoms with Gasteiger partial charge in [0.05, 0.1) is 27.4 Å². The van der Waals surface area contributed by atoms with Crippen LogP contribution in [0.4, 0.5) is 0 Å². The van der Waals surface area contributed by atoms with Gasteiger partial charge in [0.15, 0.2) is 11.5 Å². The van der Waals surface area contributed by atoms with Crippen LogP contribution in [0.25, 0.3) is 0 Å². The first-order valence-corrected chi connectivity index (χ1v) is 9.61. The van der Waals surface area contributed by atoms with Crippen LogP contribution in [-0.4, -0.2) is 43.8 Å². The highest BCUT2D eigenvalue weighted by Gasteiger charge is 2.55. The van der Waals surface area contributed by atoms with Crippen LogP contribution in [0.3, 0.4) is 0 Å². The van der Waals surface area contributed by atoms with E-state index < -0.39 is 5.60 Å². The Hall–Kier alpha value is -2.73. The fourth-order valence-electron chi connectivity index (χ4n) is 3.54. The molecule has 1 unspecified atom stereocenters. The Kier molecular flexibility index (Phi) is 6.03. The molecule has 2 aromatic carbocycles. The molecule has 0 aliphatic carbocycles. The predicted octanol–water partition coefficient (Wildman–Crippen LogP) is 3.98. The summed E-state index contributed by atoms with van der Waals surface area (Å²) in [6, 6.07) is 13.4. The maximum atomic E-state index is 12.9. The van der Waals surface area contributed by atoms with Gasteiger partial charge in [-0.05, 0) is 44.0 Å². The molecule has 2 aromatic rings. The maximum Gasteiger partial charge on any atom is 0.325 e. The standard InChI is InChI=1S/C23H29NO5/c1-23(2,3)29-22(25)20-19(24(20)14-15-10-8-7-9-11-15)16-12-17(26-4)21(28-6)18(13-16)27-5/h7-13,19-20H,14H2,1-6H3/t19-,20+,24?/m1/s1. The summed E-state index contributed by atoms with van der Waals surface area (Å²) < 4.78 is 22.1. The Morgan fingerprint density at radius 1 is 0.966 bits per heavy atom. The molecule has 6 heteroatoms. The number of hydrogen-bond acceptors (Lipinski definition) is 6. The number of esters is 1. The Bertz CT molecular complexity index is 834. The molecular formula is C23H29NO5. The van der Waals surface area contributed by atoms with Gasteiger partial charge in [-0.3, -0.25) is 9.69 Å². The molecule has 0 bridgehead atoms. The first-order chi connectivity index (χ1) is 13.8. The van der Waals surface area contributed by atoms with Gasteiger partial charge in [0.1, 0.15) is 11.6 Å². The largest absolute Gasteiger partial charge is 0.493 e. The van der Waals surface area contributed by atoms with Crippen LogP contribution in [0.15, 0.2) is 42.5 Å². The molecule has 29 heavy (non-hydrogen) atoms. The van der Waals surface area contributed by atoms with E-state index in [4.69, 9.17) is 18.9 Å². The number of rotatable bonds is 7. The molecule has 0 saturated carbocycles. The van der Waals surface area contributed by atoms with Crippen molar-refractivity contribution >= 4 is 5.97 Å². The van der Waals surface area contributed by atoms with Crippen molar-refractivity contribution in [2.75, 3.05) is 21.3 Å². The number of carbonyl (C=O) groups is 1. The van der Waals surface area contributed by atoms with Crippen molar-refractivity contribution in [2.45, 2.75) is 45.0 Å². The fourth-order valence-corrected chi connectivity index (χ4v) is 3.54. The van der Waals surface area contributed by atoms with Crippen molar-refractivity contribution in [3.05, 3.63) is 53.6 Å². The van der Waals surface area contributed by atoms with Gasteiger partial charge in [0.25, 0.3) is 0 Å². The zero-order chi connectivity index (χ0) is 21.2. The van der Waals surface area contributed by atoms with E-state index in [2.05, 4.69) is 17.0 Å². The van der Waals surface area contributed by atoms with Gasteiger partial charge in [-0.25, -0.2) is 0 Å². The van der Waals surface area contributed by atoms with Gasteiger partial charge in [-0.2, -0.15) is 0 Å². The number of carbonyl (C=O) groups excluding carboxylic acids is 1. The molecule has 1 aliphatic heterocycles. The van der Waals surface area contributed by atoms with Gasteiger partial charge in [0.2, 0.25) is 5.75 Å². The Labute approximate surface area is 172 Å². The number of benzene rings is 2. The normalized spacial score (nSPS) is 20.7. The predicted molar refractivity (Wildman–Crippen MR) is 110 cm³/mol. The molecule has 0 radical (unpaired) electrons. The molecule has 3 rings (SSSR count). The van der Waals surface area contributed by atoms with E-state index in [0.29, 0.717) is 23.8 Å². The highest BCUT2D eigenvalue weighted by Crippen LogP contribution is 2.49. The van der Waals surface area contributed by atoms with Crippen molar-refractivity contribution in [2.24, 2.45) is 0 Å². The second-order valence-corrected chi connectivity index (χ2v) is 8.04. The third kappa shape index (κ3) is 4.65. The highest BCUT2D eigenvalue weighted by atomic mass is 16.6. The van der Waals surface area contributed by atoms with E-state index in [1.165, 1.54) is 0 Å². The first-order valence-electron chi connectivity index (χ1n) is 9.61. The zero-order valence-electron chi connectivity index (χ0n) is 17.9. The summed E-state index contributed by atoms with van der Waals surface area (Å²) in [5.74, 6) is 1.43. The lowest BCUT2D eigenvalue weighted by Gasteiger charge is -2.19. The summed E-state index contributed by atoms with van der Waals surface area (Å²) in [7, 11) is 4.74. The Morgan fingerprint density at radius 3 is 2.03 bits per heavy atom. The number of nitrogens with zero attached hydrogens (tertiary/aromatic N) is 1. The molecular weight excluding hydrogens is 370 g/mol. The van der Waals surface area contributed by atoms with Crippen LogP contribution < -0.4 is 14.2 Å². The van der Waals surface area contributed by atoms with E-state index in [-0.39, 0.29) is 18.1 Å². The summed E-state index contributed by atoms with van der Waals surface area (Å²) in [5, 5.41) is 0. The van der Waals surface area contributed by atoms with Gasteiger partial charge in [-0.15, -0.1) is 0 Å². The van der Waals surface area contributed by atoms with Crippen molar-refractivity contribution in [3.63, 3.8) is 0 Å². The van der Waals surface area contributed by atoms with Crippen LogP contribution in [-0.2, 0) is 16.1 Å². The van der Waals surface area contributed by atoms with Crippen LogP contribution in [0.1, 0.15) is 37.9 Å². The van der Waals surface area contributed by atoms with Crippen LogP contribution >= 0.6 is 0 Å². The van der Waals surface area contributed by atoms with E-state index in [9.17, 15) is 4.79 Å². The number of ether oxygens (including phenoxy) is 4. The quantitative estimate of drug-likeness (QED) is 0.519. The molecule has 1 heterocycles. The minimum absolute atomic E-state index is 0.126. The van der Waals surface area contributed by atoms with Crippen molar-refractivity contribution in [3.8, 4) is 17.2 Å². The molecule has 0 spiro atoms. The smallest absolute Gasteiger partial charge is 0.325 e. The molecule has 1 aliphatic rings. The summed E-state index contributed by atoms with van der Waals surface area (Å²) in [6.07, 6.45) is 0. The molecule has 6 nitrogen and oxygen atoms in total. The average molecular weight is 399 g/mol. The average Bonchev–Trinajstić information content (AvgIpc) is 3.40. The first kappa shape index (κ1) is 21.0. The van der Waals surface area contributed by atoms with Gasteiger partial charge in [0, 0.05) is 6.54 Å². The van der Waals surface area contributed by atoms with Gasteiger partial charge >= 0.3 is 5.97 Å². The molecule has 1 fully saturated rings. The summed E-state index contributed by atoms with van der Waals surface area (Å²) >= 11 is 0.